The summed E-state index contributed by atoms with van der Waals surface area (Å²) >= 11 is 0. The van der Waals surface area contributed by atoms with Crippen LogP contribution < -0.4 is 4.74 Å². The van der Waals surface area contributed by atoms with Crippen LogP contribution in [-0.2, 0) is 21.2 Å². The lowest BCUT2D eigenvalue weighted by atomic mass is 10.2. The van der Waals surface area contributed by atoms with E-state index in [9.17, 15) is 17.6 Å². The fourth-order valence-electron chi connectivity index (χ4n) is 3.03. The molecule has 0 N–H and O–H groups in total. The Kier molecular flexibility index (Phi) is 6.31. The molecule has 2 aromatic rings. The highest BCUT2D eigenvalue weighted by Gasteiger charge is 2.31. The maximum Gasteiger partial charge on any atom is 0.260 e. The second kappa shape index (κ2) is 8.70. The molecule has 8 heteroatoms. The van der Waals surface area contributed by atoms with Crippen molar-refractivity contribution in [3.8, 4) is 5.75 Å². The summed E-state index contributed by atoms with van der Waals surface area (Å²) in [4.78, 5) is 13.6. The number of hydrogen-bond acceptors (Lipinski definition) is 4. The minimum atomic E-state index is -3.91. The molecule has 1 amide bonds. The summed E-state index contributed by atoms with van der Waals surface area (Å²) in [5.74, 6) is -0.364. The molecule has 0 atom stereocenters. The largest absolute Gasteiger partial charge is 0.484 e. The molecule has 0 unspecified atom stereocenters. The highest BCUT2D eigenvalue weighted by Crippen LogP contribution is 2.20. The average Bonchev–Trinajstić information content (AvgIpc) is 2.72. The Bertz CT molecular complexity index is 923. The summed E-state index contributed by atoms with van der Waals surface area (Å²) in [7, 11) is -3.91. The van der Waals surface area contributed by atoms with E-state index in [1.807, 2.05) is 24.3 Å². The van der Waals surface area contributed by atoms with Crippen LogP contribution in [0.3, 0.4) is 0 Å². The van der Waals surface area contributed by atoms with Crippen LogP contribution in [0.25, 0.3) is 0 Å². The van der Waals surface area contributed by atoms with Gasteiger partial charge in [-0.05, 0) is 36.2 Å². The second-order valence-electron chi connectivity index (χ2n) is 6.50. The van der Waals surface area contributed by atoms with Gasteiger partial charge in [0.1, 0.15) is 16.5 Å². The number of amides is 1. The molecule has 3 rings (SSSR count). The van der Waals surface area contributed by atoms with Crippen molar-refractivity contribution in [3.63, 3.8) is 0 Å². The van der Waals surface area contributed by atoms with Gasteiger partial charge in [-0.2, -0.15) is 4.31 Å². The van der Waals surface area contributed by atoms with Gasteiger partial charge in [0.2, 0.25) is 10.0 Å². The highest BCUT2D eigenvalue weighted by atomic mass is 32.2. The monoisotopic (exact) mass is 406 g/mol. The third-order valence-corrected chi connectivity index (χ3v) is 6.67. The van der Waals surface area contributed by atoms with E-state index in [1.165, 1.54) is 28.1 Å². The second-order valence-corrected chi connectivity index (χ2v) is 8.41. The molecule has 1 fully saturated rings. The van der Waals surface area contributed by atoms with E-state index in [0.29, 0.717) is 5.75 Å². The van der Waals surface area contributed by atoms with Crippen LogP contribution in [0.1, 0.15) is 12.5 Å². The van der Waals surface area contributed by atoms with E-state index >= 15 is 0 Å². The molecule has 0 aromatic heterocycles. The van der Waals surface area contributed by atoms with Crippen molar-refractivity contribution in [1.82, 2.24) is 9.21 Å². The van der Waals surface area contributed by atoms with Gasteiger partial charge in [0, 0.05) is 26.2 Å². The average molecular weight is 406 g/mol. The van der Waals surface area contributed by atoms with Crippen molar-refractivity contribution in [1.29, 1.82) is 0 Å². The lowest BCUT2D eigenvalue weighted by Gasteiger charge is -2.34. The van der Waals surface area contributed by atoms with Gasteiger partial charge in [0.15, 0.2) is 6.61 Å². The van der Waals surface area contributed by atoms with Crippen LogP contribution in [0.4, 0.5) is 4.39 Å². The van der Waals surface area contributed by atoms with Crippen LogP contribution in [0.5, 0.6) is 5.75 Å². The van der Waals surface area contributed by atoms with E-state index in [4.69, 9.17) is 4.74 Å². The molecule has 28 heavy (non-hydrogen) atoms. The minimum absolute atomic E-state index is 0.106. The molecule has 0 aliphatic carbocycles. The zero-order valence-corrected chi connectivity index (χ0v) is 16.5. The zero-order valence-electron chi connectivity index (χ0n) is 15.7. The summed E-state index contributed by atoms with van der Waals surface area (Å²) in [6.07, 6.45) is 0.930. The molecule has 6 nitrogen and oxygen atoms in total. The van der Waals surface area contributed by atoms with Crippen molar-refractivity contribution < 1.29 is 22.3 Å². The van der Waals surface area contributed by atoms with Gasteiger partial charge in [-0.1, -0.05) is 31.2 Å². The lowest BCUT2D eigenvalue weighted by molar-refractivity contribution is -0.134. The molecule has 2 aromatic carbocycles. The summed E-state index contributed by atoms with van der Waals surface area (Å²) < 4.78 is 45.8. The number of carbonyl (C=O) groups excluding carboxylic acids is 1. The van der Waals surface area contributed by atoms with Gasteiger partial charge in [0.25, 0.3) is 5.91 Å². The van der Waals surface area contributed by atoms with Gasteiger partial charge in [-0.25, -0.2) is 12.8 Å². The molecule has 0 bridgehead atoms. The Balaban J connectivity index is 1.54. The predicted molar refractivity (Wildman–Crippen MR) is 103 cm³/mol. The summed E-state index contributed by atoms with van der Waals surface area (Å²) in [5, 5.41) is 0. The summed E-state index contributed by atoms with van der Waals surface area (Å²) in [6, 6.07) is 12.9. The molecule has 1 aliphatic heterocycles. The zero-order chi connectivity index (χ0) is 20.1. The number of halogens is 1. The topological polar surface area (TPSA) is 66.9 Å². The lowest BCUT2D eigenvalue weighted by Crippen LogP contribution is -2.51. The van der Waals surface area contributed by atoms with E-state index in [1.54, 1.807) is 4.90 Å². The maximum atomic E-state index is 13.9. The molecule has 0 radical (unpaired) electrons. The molecular formula is C20H23FN2O4S. The van der Waals surface area contributed by atoms with Crippen LogP contribution in [0.15, 0.2) is 53.4 Å². The van der Waals surface area contributed by atoms with E-state index in [2.05, 4.69) is 6.92 Å². The third-order valence-electron chi connectivity index (χ3n) is 4.74. The SMILES string of the molecule is CCc1ccc(OCC(=O)N2CCN(S(=O)(=O)c3ccccc3F)CC2)cc1. The Morgan fingerprint density at radius 3 is 2.29 bits per heavy atom. The molecular weight excluding hydrogens is 383 g/mol. The smallest absolute Gasteiger partial charge is 0.260 e. The molecule has 1 heterocycles. The van der Waals surface area contributed by atoms with Gasteiger partial charge in [-0.3, -0.25) is 4.79 Å². The van der Waals surface area contributed by atoms with Gasteiger partial charge in [0.05, 0.1) is 0 Å². The number of aryl methyl sites for hydroxylation is 1. The maximum absolute atomic E-state index is 13.9. The number of carbonyl (C=O) groups is 1. The first-order chi connectivity index (χ1) is 13.4. The molecule has 1 saturated heterocycles. The number of hydrogen-bond donors (Lipinski definition) is 0. The highest BCUT2D eigenvalue weighted by molar-refractivity contribution is 7.89. The van der Waals surface area contributed by atoms with E-state index in [-0.39, 0.29) is 43.6 Å². The minimum Gasteiger partial charge on any atom is -0.484 e. The molecule has 1 aliphatic rings. The summed E-state index contributed by atoms with van der Waals surface area (Å²) in [5.41, 5.74) is 1.19. The molecule has 0 saturated carbocycles. The van der Waals surface area contributed by atoms with Gasteiger partial charge in [-0.15, -0.1) is 0 Å². The Morgan fingerprint density at radius 2 is 1.68 bits per heavy atom. The molecule has 150 valence electrons. The number of piperazine rings is 1. The first-order valence-corrected chi connectivity index (χ1v) is 10.6. The van der Waals surface area contributed by atoms with Gasteiger partial charge < -0.3 is 9.64 Å². The fourth-order valence-corrected chi connectivity index (χ4v) is 4.52. The number of benzene rings is 2. The van der Waals surface area contributed by atoms with Crippen LogP contribution in [-0.4, -0.2) is 56.3 Å². The third kappa shape index (κ3) is 4.51. The van der Waals surface area contributed by atoms with Crippen LogP contribution in [0.2, 0.25) is 0 Å². The quantitative estimate of drug-likeness (QED) is 0.738. The first-order valence-electron chi connectivity index (χ1n) is 9.16. The van der Waals surface area contributed by atoms with Crippen molar-refractivity contribution in [2.45, 2.75) is 18.2 Å². The number of sulfonamides is 1. The van der Waals surface area contributed by atoms with E-state index < -0.39 is 15.8 Å². The van der Waals surface area contributed by atoms with Crippen molar-refractivity contribution in [3.05, 3.63) is 59.9 Å². The van der Waals surface area contributed by atoms with Crippen molar-refractivity contribution >= 4 is 15.9 Å². The van der Waals surface area contributed by atoms with Crippen LogP contribution >= 0.6 is 0 Å². The number of nitrogens with zero attached hydrogens (tertiary/aromatic N) is 2. The Morgan fingerprint density at radius 1 is 1.04 bits per heavy atom. The molecule has 0 spiro atoms. The standard InChI is InChI=1S/C20H23FN2O4S/c1-2-16-7-9-17(10-8-16)27-15-20(24)22-11-13-23(14-12-22)28(25,26)19-6-4-3-5-18(19)21/h3-10H,2,11-15H2,1H3. The van der Waals surface area contributed by atoms with Gasteiger partial charge >= 0.3 is 0 Å². The Labute approximate surface area is 164 Å². The van der Waals surface area contributed by atoms with Crippen molar-refractivity contribution in [2.24, 2.45) is 0 Å². The van der Waals surface area contributed by atoms with Crippen LogP contribution in [0, 0.1) is 5.82 Å². The number of rotatable bonds is 6. The van der Waals surface area contributed by atoms with E-state index in [0.717, 1.165) is 12.5 Å². The Hall–Kier alpha value is -2.45. The predicted octanol–water partition coefficient (Wildman–Crippen LogP) is 2.30. The fraction of sp³-hybridized carbons (Fsp3) is 0.350. The normalized spacial score (nSPS) is 15.4. The first kappa shape index (κ1) is 20.3. The summed E-state index contributed by atoms with van der Waals surface area (Å²) in [6.45, 7) is 2.67. The van der Waals surface area contributed by atoms with Crippen molar-refractivity contribution in [2.75, 3.05) is 32.8 Å². The number of ether oxygens (including phenoxy) is 1.